The van der Waals surface area contributed by atoms with Crippen LogP contribution in [0.4, 0.5) is 4.39 Å². The maximum atomic E-state index is 13.2. The summed E-state index contributed by atoms with van der Waals surface area (Å²) in [7, 11) is 0. The summed E-state index contributed by atoms with van der Waals surface area (Å²) in [6, 6.07) is 8.55. The first-order valence-corrected chi connectivity index (χ1v) is 6.32. The Morgan fingerprint density at radius 2 is 1.90 bits per heavy atom. The fraction of sp³-hybridized carbons (Fsp3) is 0.0714. The normalized spacial score (nSPS) is 10.3. The average Bonchev–Trinajstić information content (AvgIpc) is 2.41. The third kappa shape index (κ3) is 3.40. The molecular weight excluding hydrogens is 306 g/mol. The molecular formula is C14H9Cl2FO3. The monoisotopic (exact) mass is 314 g/mol. The van der Waals surface area contributed by atoms with Crippen molar-refractivity contribution in [2.24, 2.45) is 0 Å². The lowest BCUT2D eigenvalue weighted by Gasteiger charge is -2.08. The molecule has 0 radical (unpaired) electrons. The Bertz CT molecular complexity index is 659. The molecule has 1 N–H and O–H groups in total. The van der Waals surface area contributed by atoms with Crippen molar-refractivity contribution in [2.45, 2.75) is 6.61 Å². The summed E-state index contributed by atoms with van der Waals surface area (Å²) >= 11 is 11.6. The van der Waals surface area contributed by atoms with Gasteiger partial charge in [-0.2, -0.15) is 0 Å². The van der Waals surface area contributed by atoms with Crippen molar-refractivity contribution >= 4 is 29.2 Å². The minimum atomic E-state index is -1.32. The van der Waals surface area contributed by atoms with Crippen molar-refractivity contribution in [3.05, 3.63) is 63.4 Å². The molecule has 6 heteroatoms. The molecule has 0 bridgehead atoms. The zero-order valence-corrected chi connectivity index (χ0v) is 11.6. The van der Waals surface area contributed by atoms with E-state index in [4.69, 9.17) is 33.0 Å². The predicted molar refractivity (Wildman–Crippen MR) is 74.2 cm³/mol. The summed E-state index contributed by atoms with van der Waals surface area (Å²) in [5.41, 5.74) is 0.148. The average molecular weight is 315 g/mol. The van der Waals surface area contributed by atoms with Crippen LogP contribution in [0.2, 0.25) is 10.0 Å². The molecule has 0 saturated heterocycles. The molecule has 20 heavy (non-hydrogen) atoms. The Morgan fingerprint density at radius 3 is 2.55 bits per heavy atom. The van der Waals surface area contributed by atoms with Crippen LogP contribution in [0.1, 0.15) is 15.9 Å². The molecule has 0 amide bonds. The van der Waals surface area contributed by atoms with E-state index in [0.29, 0.717) is 21.4 Å². The predicted octanol–water partition coefficient (Wildman–Crippen LogP) is 4.41. The highest BCUT2D eigenvalue weighted by atomic mass is 35.5. The highest BCUT2D eigenvalue weighted by molar-refractivity contribution is 6.42. The van der Waals surface area contributed by atoms with Gasteiger partial charge in [0.2, 0.25) is 0 Å². The molecule has 2 rings (SSSR count). The molecule has 0 aliphatic rings. The molecule has 3 nitrogen and oxygen atoms in total. The topological polar surface area (TPSA) is 46.5 Å². The van der Waals surface area contributed by atoms with E-state index in [2.05, 4.69) is 0 Å². The second-order valence-electron chi connectivity index (χ2n) is 3.98. The number of aromatic carboxylic acids is 1. The smallest absolute Gasteiger partial charge is 0.338 e. The van der Waals surface area contributed by atoms with Crippen LogP contribution < -0.4 is 4.74 Å². The lowest BCUT2D eigenvalue weighted by atomic mass is 10.1. The van der Waals surface area contributed by atoms with Crippen molar-refractivity contribution in [3.63, 3.8) is 0 Å². The van der Waals surface area contributed by atoms with Crippen LogP contribution in [0.15, 0.2) is 36.4 Å². The molecule has 0 spiro atoms. The van der Waals surface area contributed by atoms with E-state index < -0.39 is 11.8 Å². The number of halogens is 3. The second kappa shape index (κ2) is 6.11. The van der Waals surface area contributed by atoms with E-state index in [9.17, 15) is 9.18 Å². The Hall–Kier alpha value is -1.78. The molecule has 0 aliphatic heterocycles. The van der Waals surface area contributed by atoms with Crippen LogP contribution in [0, 0.1) is 5.82 Å². The molecule has 2 aromatic rings. The maximum absolute atomic E-state index is 13.2. The van der Waals surface area contributed by atoms with Gasteiger partial charge in [0.05, 0.1) is 15.6 Å². The van der Waals surface area contributed by atoms with Crippen LogP contribution in [-0.4, -0.2) is 11.1 Å². The Labute approximate surface area is 124 Å². The van der Waals surface area contributed by atoms with Crippen LogP contribution in [0.5, 0.6) is 5.75 Å². The zero-order chi connectivity index (χ0) is 14.7. The molecule has 2 aromatic carbocycles. The van der Waals surface area contributed by atoms with E-state index in [-0.39, 0.29) is 12.2 Å². The van der Waals surface area contributed by atoms with Gasteiger partial charge in [0.1, 0.15) is 18.2 Å². The summed E-state index contributed by atoms with van der Waals surface area (Å²) in [5.74, 6) is -1.62. The fourth-order valence-electron chi connectivity index (χ4n) is 1.56. The van der Waals surface area contributed by atoms with Gasteiger partial charge in [-0.25, -0.2) is 9.18 Å². The third-order valence-electron chi connectivity index (χ3n) is 2.56. The van der Waals surface area contributed by atoms with Gasteiger partial charge < -0.3 is 9.84 Å². The molecule has 0 fully saturated rings. The number of hydrogen-bond acceptors (Lipinski definition) is 2. The van der Waals surface area contributed by atoms with Gasteiger partial charge in [0.25, 0.3) is 0 Å². The first-order valence-electron chi connectivity index (χ1n) is 5.57. The maximum Gasteiger partial charge on any atom is 0.338 e. The number of hydrogen-bond donors (Lipinski definition) is 1. The number of carboxylic acids is 1. The van der Waals surface area contributed by atoms with E-state index in [0.717, 1.165) is 6.07 Å². The van der Waals surface area contributed by atoms with Crippen molar-refractivity contribution in [2.75, 3.05) is 0 Å². The molecule has 0 heterocycles. The van der Waals surface area contributed by atoms with E-state index in [1.807, 2.05) is 0 Å². The standard InChI is InChI=1S/C14H9Cl2FO3/c15-11-3-2-9(6-12(11)16)20-7-8-1-4-13(17)10(5-8)14(18)19/h1-6H,7H2,(H,18,19). The van der Waals surface area contributed by atoms with Crippen LogP contribution in [0.3, 0.4) is 0 Å². The van der Waals surface area contributed by atoms with Crippen molar-refractivity contribution in [1.29, 1.82) is 0 Å². The van der Waals surface area contributed by atoms with E-state index in [1.165, 1.54) is 12.1 Å². The number of carbonyl (C=O) groups is 1. The number of benzene rings is 2. The molecule has 0 unspecified atom stereocenters. The SMILES string of the molecule is O=C(O)c1cc(COc2ccc(Cl)c(Cl)c2)ccc1F. The summed E-state index contributed by atoms with van der Waals surface area (Å²) < 4.78 is 18.7. The minimum Gasteiger partial charge on any atom is -0.489 e. The minimum absolute atomic E-state index is 0.0958. The molecule has 104 valence electrons. The van der Waals surface area contributed by atoms with Gasteiger partial charge in [-0.05, 0) is 29.8 Å². The van der Waals surface area contributed by atoms with Crippen LogP contribution >= 0.6 is 23.2 Å². The zero-order valence-electron chi connectivity index (χ0n) is 10.1. The van der Waals surface area contributed by atoms with Crippen LogP contribution in [-0.2, 0) is 6.61 Å². The summed E-state index contributed by atoms with van der Waals surface area (Å²) in [6.45, 7) is 0.0958. The van der Waals surface area contributed by atoms with Gasteiger partial charge in [-0.1, -0.05) is 29.3 Å². The highest BCUT2D eigenvalue weighted by Gasteiger charge is 2.11. The lowest BCUT2D eigenvalue weighted by Crippen LogP contribution is -2.03. The molecule has 0 atom stereocenters. The van der Waals surface area contributed by atoms with E-state index in [1.54, 1.807) is 18.2 Å². The summed E-state index contributed by atoms with van der Waals surface area (Å²) in [5, 5.41) is 9.60. The number of ether oxygens (including phenoxy) is 1. The van der Waals surface area contributed by atoms with E-state index >= 15 is 0 Å². The first-order chi connectivity index (χ1) is 9.47. The number of carboxylic acid groups (broad SMARTS) is 1. The Balaban J connectivity index is 2.12. The van der Waals surface area contributed by atoms with Crippen molar-refractivity contribution in [1.82, 2.24) is 0 Å². The molecule has 0 aliphatic carbocycles. The quantitative estimate of drug-likeness (QED) is 0.909. The van der Waals surface area contributed by atoms with Crippen LogP contribution in [0.25, 0.3) is 0 Å². The summed E-state index contributed by atoms with van der Waals surface area (Å²) in [4.78, 5) is 10.8. The van der Waals surface area contributed by atoms with Crippen molar-refractivity contribution < 1.29 is 19.0 Å². The van der Waals surface area contributed by atoms with Gasteiger partial charge >= 0.3 is 5.97 Å². The highest BCUT2D eigenvalue weighted by Crippen LogP contribution is 2.26. The number of rotatable bonds is 4. The Kier molecular flexibility index (Phi) is 4.47. The van der Waals surface area contributed by atoms with Crippen molar-refractivity contribution in [3.8, 4) is 5.75 Å². The largest absolute Gasteiger partial charge is 0.489 e. The second-order valence-corrected chi connectivity index (χ2v) is 4.80. The van der Waals surface area contributed by atoms with Gasteiger partial charge in [-0.15, -0.1) is 0 Å². The Morgan fingerprint density at radius 1 is 1.15 bits per heavy atom. The lowest BCUT2D eigenvalue weighted by molar-refractivity contribution is 0.0691. The first kappa shape index (κ1) is 14.6. The molecule has 0 aromatic heterocycles. The van der Waals surface area contributed by atoms with Gasteiger partial charge in [0.15, 0.2) is 0 Å². The fourth-order valence-corrected chi connectivity index (χ4v) is 1.85. The van der Waals surface area contributed by atoms with Gasteiger partial charge in [-0.3, -0.25) is 0 Å². The van der Waals surface area contributed by atoms with Gasteiger partial charge in [0, 0.05) is 6.07 Å². The molecule has 0 saturated carbocycles. The summed E-state index contributed by atoms with van der Waals surface area (Å²) in [6.07, 6.45) is 0. The third-order valence-corrected chi connectivity index (χ3v) is 3.30.